The van der Waals surface area contributed by atoms with Crippen LogP contribution >= 0.6 is 0 Å². The molecule has 3 rings (SSSR count). The Kier molecular flexibility index (Phi) is 6.31. The van der Waals surface area contributed by atoms with Crippen molar-refractivity contribution in [1.29, 1.82) is 0 Å². The lowest BCUT2D eigenvalue weighted by atomic mass is 9.86. The van der Waals surface area contributed by atoms with Gasteiger partial charge in [0.15, 0.2) is 6.04 Å². The number of non-ortho nitro benzene ring substituents is 1. The Morgan fingerprint density at radius 1 is 1.22 bits per heavy atom. The van der Waals surface area contributed by atoms with E-state index in [2.05, 4.69) is 17.1 Å². The Morgan fingerprint density at radius 3 is 2.44 bits per heavy atom. The number of hydrogen-bond acceptors (Lipinski definition) is 4. The second-order valence-electron chi connectivity index (χ2n) is 8.02. The first kappa shape index (κ1) is 19.6. The molecule has 1 aliphatic heterocycles. The third-order valence-corrected chi connectivity index (χ3v) is 6.28. The van der Waals surface area contributed by atoms with Crippen molar-refractivity contribution < 1.29 is 14.6 Å². The van der Waals surface area contributed by atoms with E-state index in [0.717, 1.165) is 38.3 Å². The highest BCUT2D eigenvalue weighted by atomic mass is 16.6. The van der Waals surface area contributed by atoms with Crippen LogP contribution in [0.1, 0.15) is 39.5 Å². The lowest BCUT2D eigenvalue weighted by Crippen LogP contribution is -3.19. The highest BCUT2D eigenvalue weighted by Crippen LogP contribution is 2.23. The van der Waals surface area contributed by atoms with Crippen molar-refractivity contribution >= 4 is 17.3 Å². The van der Waals surface area contributed by atoms with E-state index < -0.39 is 0 Å². The van der Waals surface area contributed by atoms with Gasteiger partial charge in [-0.1, -0.05) is 19.8 Å². The molecule has 1 aromatic carbocycles. The van der Waals surface area contributed by atoms with Gasteiger partial charge in [0.25, 0.3) is 11.6 Å². The third-order valence-electron chi connectivity index (χ3n) is 6.28. The quantitative estimate of drug-likeness (QED) is 0.602. The molecular formula is C20H31N4O3+. The fraction of sp³-hybridized carbons (Fsp3) is 0.650. The SMILES string of the molecule is C[C@@H]1CCCC[C@@H]1NC(=O)[C@@H](C)[NH+]1CCN(c2ccc([N+](=O)[O-])cc2)CC1. The van der Waals surface area contributed by atoms with Gasteiger partial charge in [-0.15, -0.1) is 0 Å². The van der Waals surface area contributed by atoms with E-state index >= 15 is 0 Å². The largest absolute Gasteiger partial charge is 0.360 e. The maximum atomic E-state index is 12.7. The van der Waals surface area contributed by atoms with Crippen molar-refractivity contribution in [1.82, 2.24) is 5.32 Å². The van der Waals surface area contributed by atoms with Crippen LogP contribution in [-0.4, -0.2) is 49.1 Å². The molecule has 1 amide bonds. The molecule has 1 aliphatic carbocycles. The number of nitrogens with one attached hydrogen (secondary N) is 2. The minimum absolute atomic E-state index is 0.0434. The minimum atomic E-state index is -0.376. The van der Waals surface area contributed by atoms with Crippen LogP contribution in [-0.2, 0) is 4.79 Å². The van der Waals surface area contributed by atoms with Crippen LogP contribution in [0.3, 0.4) is 0 Å². The Hall–Kier alpha value is -2.15. The van der Waals surface area contributed by atoms with Gasteiger partial charge in [0, 0.05) is 23.9 Å². The van der Waals surface area contributed by atoms with Gasteiger partial charge in [-0.3, -0.25) is 14.9 Å². The maximum absolute atomic E-state index is 12.7. The van der Waals surface area contributed by atoms with Crippen molar-refractivity contribution in [3.8, 4) is 0 Å². The molecule has 1 heterocycles. The molecule has 1 saturated heterocycles. The summed E-state index contributed by atoms with van der Waals surface area (Å²) < 4.78 is 0. The summed E-state index contributed by atoms with van der Waals surface area (Å²) in [5.74, 6) is 0.747. The summed E-state index contributed by atoms with van der Waals surface area (Å²) in [5, 5.41) is 14.1. The zero-order valence-corrected chi connectivity index (χ0v) is 16.3. The van der Waals surface area contributed by atoms with Crippen LogP contribution in [0, 0.1) is 16.0 Å². The first-order valence-corrected chi connectivity index (χ1v) is 10.1. The Labute approximate surface area is 160 Å². The van der Waals surface area contributed by atoms with Gasteiger partial charge in [-0.05, 0) is 37.8 Å². The number of carbonyl (C=O) groups excluding carboxylic acids is 1. The molecular weight excluding hydrogens is 344 g/mol. The fourth-order valence-corrected chi connectivity index (χ4v) is 4.29. The number of piperazine rings is 1. The molecule has 27 heavy (non-hydrogen) atoms. The van der Waals surface area contributed by atoms with Crippen molar-refractivity contribution in [3.05, 3.63) is 34.4 Å². The van der Waals surface area contributed by atoms with E-state index in [4.69, 9.17) is 0 Å². The molecule has 2 aliphatic rings. The van der Waals surface area contributed by atoms with Gasteiger partial charge in [-0.2, -0.15) is 0 Å². The lowest BCUT2D eigenvalue weighted by molar-refractivity contribution is -0.914. The smallest absolute Gasteiger partial charge is 0.278 e. The molecule has 148 valence electrons. The average molecular weight is 375 g/mol. The molecule has 7 nitrogen and oxygen atoms in total. The number of benzene rings is 1. The van der Waals surface area contributed by atoms with Gasteiger partial charge >= 0.3 is 0 Å². The molecule has 0 radical (unpaired) electrons. The summed E-state index contributed by atoms with van der Waals surface area (Å²) in [5.41, 5.74) is 1.12. The normalized spacial score (nSPS) is 25.0. The number of rotatable bonds is 5. The van der Waals surface area contributed by atoms with Gasteiger partial charge < -0.3 is 15.1 Å². The number of nitrogens with zero attached hydrogens (tertiary/aromatic N) is 2. The number of quaternary nitrogens is 1. The molecule has 3 atom stereocenters. The molecule has 0 aromatic heterocycles. The summed E-state index contributed by atoms with van der Waals surface area (Å²) in [6.07, 6.45) is 4.80. The van der Waals surface area contributed by atoms with E-state index in [0.29, 0.717) is 12.0 Å². The van der Waals surface area contributed by atoms with Crippen LogP contribution in [0.15, 0.2) is 24.3 Å². The number of hydrogen-bond donors (Lipinski definition) is 2. The van der Waals surface area contributed by atoms with E-state index in [1.165, 1.54) is 24.2 Å². The highest BCUT2D eigenvalue weighted by Gasteiger charge is 2.32. The first-order valence-electron chi connectivity index (χ1n) is 10.1. The minimum Gasteiger partial charge on any atom is -0.360 e. The average Bonchev–Trinajstić information content (AvgIpc) is 2.69. The zero-order valence-electron chi connectivity index (χ0n) is 16.3. The van der Waals surface area contributed by atoms with Gasteiger partial charge in [0.05, 0.1) is 31.1 Å². The number of nitro groups is 1. The monoisotopic (exact) mass is 375 g/mol. The number of anilines is 1. The van der Waals surface area contributed by atoms with Crippen LogP contribution in [0.5, 0.6) is 0 Å². The van der Waals surface area contributed by atoms with Crippen molar-refractivity contribution in [2.24, 2.45) is 5.92 Å². The topological polar surface area (TPSA) is 79.9 Å². The summed E-state index contributed by atoms with van der Waals surface area (Å²) in [6, 6.07) is 7.01. The van der Waals surface area contributed by atoms with E-state index in [-0.39, 0.29) is 22.6 Å². The third kappa shape index (κ3) is 4.77. The van der Waals surface area contributed by atoms with Crippen molar-refractivity contribution in [3.63, 3.8) is 0 Å². The molecule has 0 bridgehead atoms. The number of carbonyl (C=O) groups is 1. The van der Waals surface area contributed by atoms with Crippen LogP contribution in [0.4, 0.5) is 11.4 Å². The molecule has 0 spiro atoms. The first-order chi connectivity index (χ1) is 13.0. The van der Waals surface area contributed by atoms with Crippen LogP contribution < -0.4 is 15.1 Å². The van der Waals surface area contributed by atoms with Crippen molar-refractivity contribution in [2.45, 2.75) is 51.6 Å². The predicted octanol–water partition coefficient (Wildman–Crippen LogP) is 1.38. The second-order valence-corrected chi connectivity index (χ2v) is 8.02. The molecule has 0 unspecified atom stereocenters. The predicted molar refractivity (Wildman–Crippen MR) is 105 cm³/mol. The molecule has 1 aromatic rings. The van der Waals surface area contributed by atoms with E-state index in [1.54, 1.807) is 12.1 Å². The van der Waals surface area contributed by atoms with Crippen LogP contribution in [0.2, 0.25) is 0 Å². The van der Waals surface area contributed by atoms with Gasteiger partial charge in [0.2, 0.25) is 0 Å². The Bertz CT molecular complexity index is 656. The van der Waals surface area contributed by atoms with Crippen LogP contribution in [0.25, 0.3) is 0 Å². The number of nitro benzene ring substituents is 1. The van der Waals surface area contributed by atoms with Crippen molar-refractivity contribution in [2.75, 3.05) is 31.1 Å². The molecule has 2 fully saturated rings. The summed E-state index contributed by atoms with van der Waals surface area (Å²) in [6.45, 7) is 7.76. The zero-order chi connectivity index (χ0) is 19.4. The molecule has 2 N–H and O–H groups in total. The summed E-state index contributed by atoms with van der Waals surface area (Å²) in [4.78, 5) is 26.7. The Morgan fingerprint density at radius 2 is 1.85 bits per heavy atom. The summed E-state index contributed by atoms with van der Waals surface area (Å²) >= 11 is 0. The van der Waals surface area contributed by atoms with E-state index in [1.807, 2.05) is 19.1 Å². The van der Waals surface area contributed by atoms with E-state index in [9.17, 15) is 14.9 Å². The lowest BCUT2D eigenvalue weighted by Gasteiger charge is -2.37. The molecule has 1 saturated carbocycles. The summed E-state index contributed by atoms with van der Waals surface area (Å²) in [7, 11) is 0. The second kappa shape index (κ2) is 8.69. The van der Waals surface area contributed by atoms with Gasteiger partial charge in [0.1, 0.15) is 0 Å². The number of amides is 1. The maximum Gasteiger partial charge on any atom is 0.278 e. The fourth-order valence-electron chi connectivity index (χ4n) is 4.29. The standard InChI is InChI=1S/C20H30N4O3/c1-15-5-3-4-6-19(15)21-20(25)16(2)22-11-13-23(14-12-22)17-7-9-18(10-8-17)24(26)27/h7-10,15-16,19H,3-6,11-14H2,1-2H3,(H,21,25)/p+1/t15-,16-,19+/m1/s1. The van der Waals surface area contributed by atoms with Gasteiger partial charge in [-0.25, -0.2) is 0 Å². The Balaban J connectivity index is 1.50. The molecule has 7 heteroatoms. The highest BCUT2D eigenvalue weighted by molar-refractivity contribution is 5.80.